The molecule has 0 atom stereocenters. The highest BCUT2D eigenvalue weighted by Gasteiger charge is 2.18. The van der Waals surface area contributed by atoms with Gasteiger partial charge < -0.3 is 14.3 Å². The molecule has 0 aliphatic rings. The van der Waals surface area contributed by atoms with Crippen LogP contribution in [0.25, 0.3) is 22.8 Å². The number of aromatic nitrogens is 3. The van der Waals surface area contributed by atoms with Crippen LogP contribution < -0.4 is 5.32 Å². The Morgan fingerprint density at radius 3 is 2.81 bits per heavy atom. The molecule has 0 radical (unpaired) electrons. The second-order valence-electron chi connectivity index (χ2n) is 5.59. The van der Waals surface area contributed by atoms with Gasteiger partial charge in [0, 0.05) is 24.0 Å². The number of hydrogen-bond donors (Lipinski definition) is 1. The van der Waals surface area contributed by atoms with Gasteiger partial charge >= 0.3 is 0 Å². The van der Waals surface area contributed by atoms with E-state index in [9.17, 15) is 10.1 Å². The Bertz CT molecular complexity index is 1060. The second kappa shape index (κ2) is 7.08. The summed E-state index contributed by atoms with van der Waals surface area (Å²) >= 11 is 0. The minimum atomic E-state index is -0.462. The lowest BCUT2D eigenvalue weighted by Gasteiger charge is -2.06. The fourth-order valence-corrected chi connectivity index (χ4v) is 2.51. The zero-order valence-corrected chi connectivity index (χ0v) is 13.9. The number of hydrogen-bond acceptors (Lipinski definition) is 8. The average Bonchev–Trinajstić information content (AvgIpc) is 3.39. The fourth-order valence-electron chi connectivity index (χ4n) is 2.51. The van der Waals surface area contributed by atoms with E-state index in [2.05, 4.69) is 20.4 Å². The number of nitro benzene ring substituents is 1. The van der Waals surface area contributed by atoms with Crippen molar-refractivity contribution in [3.63, 3.8) is 0 Å². The van der Waals surface area contributed by atoms with Gasteiger partial charge in [-0.3, -0.25) is 15.1 Å². The molecule has 0 saturated heterocycles. The molecular formula is C18H13N5O4. The topological polar surface area (TPSA) is 120 Å². The van der Waals surface area contributed by atoms with Crippen molar-refractivity contribution in [2.75, 3.05) is 5.32 Å². The van der Waals surface area contributed by atoms with Crippen LogP contribution in [-0.4, -0.2) is 20.0 Å². The van der Waals surface area contributed by atoms with Crippen molar-refractivity contribution in [2.24, 2.45) is 0 Å². The third kappa shape index (κ3) is 3.52. The first kappa shape index (κ1) is 16.5. The molecule has 0 fully saturated rings. The van der Waals surface area contributed by atoms with Crippen molar-refractivity contribution in [2.45, 2.75) is 6.54 Å². The van der Waals surface area contributed by atoms with Gasteiger partial charge in [0.15, 0.2) is 0 Å². The van der Waals surface area contributed by atoms with Gasteiger partial charge in [0.25, 0.3) is 11.6 Å². The molecule has 1 aromatic carbocycles. The maximum absolute atomic E-state index is 11.5. The van der Waals surface area contributed by atoms with Gasteiger partial charge in [-0.25, -0.2) is 0 Å². The highest BCUT2D eigenvalue weighted by molar-refractivity contribution is 5.71. The van der Waals surface area contributed by atoms with Crippen LogP contribution in [0, 0.1) is 10.1 Å². The van der Waals surface area contributed by atoms with E-state index in [1.54, 1.807) is 55.1 Å². The zero-order valence-electron chi connectivity index (χ0n) is 13.9. The molecule has 134 valence electrons. The van der Waals surface area contributed by atoms with Crippen molar-refractivity contribution < 1.29 is 13.9 Å². The number of rotatable bonds is 6. The van der Waals surface area contributed by atoms with Crippen LogP contribution in [0.1, 0.15) is 5.76 Å². The Balaban J connectivity index is 1.61. The van der Waals surface area contributed by atoms with E-state index in [-0.39, 0.29) is 11.5 Å². The quantitative estimate of drug-likeness (QED) is 0.404. The Kier molecular flexibility index (Phi) is 4.32. The van der Waals surface area contributed by atoms with Gasteiger partial charge in [-0.2, -0.15) is 4.98 Å². The maximum atomic E-state index is 11.5. The van der Waals surface area contributed by atoms with Crippen molar-refractivity contribution in [1.82, 2.24) is 15.1 Å². The summed E-state index contributed by atoms with van der Waals surface area (Å²) in [6, 6.07) is 11.8. The van der Waals surface area contributed by atoms with E-state index in [0.717, 1.165) is 0 Å². The minimum absolute atomic E-state index is 0.0909. The fraction of sp³-hybridized carbons (Fsp3) is 0.0556. The van der Waals surface area contributed by atoms with Crippen molar-refractivity contribution >= 4 is 11.4 Å². The van der Waals surface area contributed by atoms with E-state index < -0.39 is 4.92 Å². The summed E-state index contributed by atoms with van der Waals surface area (Å²) in [6.07, 6.45) is 4.78. The lowest BCUT2D eigenvalue weighted by molar-refractivity contribution is -0.383. The lowest BCUT2D eigenvalue weighted by atomic mass is 10.1. The summed E-state index contributed by atoms with van der Waals surface area (Å²) in [4.78, 5) is 19.3. The number of pyridine rings is 1. The monoisotopic (exact) mass is 363 g/mol. The molecule has 0 spiro atoms. The highest BCUT2D eigenvalue weighted by Crippen LogP contribution is 2.30. The van der Waals surface area contributed by atoms with Crippen molar-refractivity contribution in [3.05, 3.63) is 77.0 Å². The molecule has 0 unspecified atom stereocenters. The Hall–Kier alpha value is -4.01. The predicted octanol–water partition coefficient (Wildman–Crippen LogP) is 3.91. The first-order valence-corrected chi connectivity index (χ1v) is 8.00. The molecular weight excluding hydrogens is 350 g/mol. The van der Waals surface area contributed by atoms with Gasteiger partial charge in [-0.05, 0) is 36.4 Å². The van der Waals surface area contributed by atoms with Crippen LogP contribution in [-0.2, 0) is 6.54 Å². The number of nitro groups is 1. The number of nitrogens with one attached hydrogen (secondary N) is 1. The summed E-state index contributed by atoms with van der Waals surface area (Å²) in [5.41, 5.74) is 1.43. The van der Waals surface area contributed by atoms with E-state index in [1.165, 1.54) is 6.07 Å². The van der Waals surface area contributed by atoms with Gasteiger partial charge in [-0.15, -0.1) is 0 Å². The van der Waals surface area contributed by atoms with Gasteiger partial charge in [0.05, 0.1) is 23.3 Å². The van der Waals surface area contributed by atoms with Crippen molar-refractivity contribution in [1.29, 1.82) is 0 Å². The molecule has 4 rings (SSSR count). The zero-order chi connectivity index (χ0) is 18.6. The Morgan fingerprint density at radius 1 is 1.15 bits per heavy atom. The molecule has 9 heteroatoms. The Morgan fingerprint density at radius 2 is 2.07 bits per heavy atom. The van der Waals surface area contributed by atoms with E-state index >= 15 is 0 Å². The van der Waals surface area contributed by atoms with Gasteiger partial charge in [-0.1, -0.05) is 5.16 Å². The molecule has 27 heavy (non-hydrogen) atoms. The summed E-state index contributed by atoms with van der Waals surface area (Å²) in [6.45, 7) is 0.334. The Labute approximate surface area is 152 Å². The highest BCUT2D eigenvalue weighted by atomic mass is 16.6. The molecule has 0 aliphatic carbocycles. The van der Waals surface area contributed by atoms with Crippen LogP contribution >= 0.6 is 0 Å². The molecule has 0 amide bonds. The van der Waals surface area contributed by atoms with Crippen molar-refractivity contribution in [3.8, 4) is 22.8 Å². The summed E-state index contributed by atoms with van der Waals surface area (Å²) in [5.74, 6) is 1.22. The standard InChI is InChI=1S/C18H13N5O4/c24-23(25)16-9-12(5-6-15(16)20-11-14-4-2-8-26-14)17-21-18(27-22-17)13-3-1-7-19-10-13/h1-10,20H,11H2. The van der Waals surface area contributed by atoms with Gasteiger partial charge in [0.2, 0.25) is 5.82 Å². The number of benzene rings is 1. The molecule has 0 bridgehead atoms. The minimum Gasteiger partial charge on any atom is -0.467 e. The van der Waals surface area contributed by atoms with Crippen LogP contribution in [0.15, 0.2) is 70.1 Å². The molecule has 0 aliphatic heterocycles. The molecule has 3 heterocycles. The van der Waals surface area contributed by atoms with E-state index in [1.807, 2.05) is 0 Å². The van der Waals surface area contributed by atoms with E-state index in [4.69, 9.17) is 8.94 Å². The third-order valence-corrected chi connectivity index (χ3v) is 3.82. The normalized spacial score (nSPS) is 10.7. The SMILES string of the molecule is O=[N+]([O-])c1cc(-c2noc(-c3cccnc3)n2)ccc1NCc1ccco1. The summed E-state index contributed by atoms with van der Waals surface area (Å²) < 4.78 is 10.5. The summed E-state index contributed by atoms with van der Waals surface area (Å²) in [5, 5.41) is 18.4. The average molecular weight is 363 g/mol. The van der Waals surface area contributed by atoms with Crippen LogP contribution in [0.3, 0.4) is 0 Å². The molecule has 0 saturated carbocycles. The third-order valence-electron chi connectivity index (χ3n) is 3.82. The van der Waals surface area contributed by atoms with Crippen LogP contribution in [0.5, 0.6) is 0 Å². The van der Waals surface area contributed by atoms with Crippen LogP contribution in [0.4, 0.5) is 11.4 Å². The predicted molar refractivity (Wildman–Crippen MR) is 95.7 cm³/mol. The first-order valence-electron chi connectivity index (χ1n) is 8.00. The molecule has 1 N–H and O–H groups in total. The van der Waals surface area contributed by atoms with Gasteiger partial charge in [0.1, 0.15) is 11.4 Å². The molecule has 9 nitrogen and oxygen atoms in total. The molecule has 3 aromatic heterocycles. The van der Waals surface area contributed by atoms with Crippen LogP contribution in [0.2, 0.25) is 0 Å². The number of anilines is 1. The van der Waals surface area contributed by atoms with E-state index in [0.29, 0.717) is 35.0 Å². The smallest absolute Gasteiger partial charge is 0.293 e. The maximum Gasteiger partial charge on any atom is 0.293 e. The number of furan rings is 1. The lowest BCUT2D eigenvalue weighted by Crippen LogP contribution is -2.02. The molecule has 4 aromatic rings. The number of nitrogens with zero attached hydrogens (tertiary/aromatic N) is 4. The first-order chi connectivity index (χ1) is 13.2. The largest absolute Gasteiger partial charge is 0.467 e. The summed E-state index contributed by atoms with van der Waals surface area (Å²) in [7, 11) is 0. The second-order valence-corrected chi connectivity index (χ2v) is 5.59.